The molecule has 0 radical (unpaired) electrons. The lowest BCUT2D eigenvalue weighted by atomic mass is 10.1. The van der Waals surface area contributed by atoms with Gasteiger partial charge in [-0.1, -0.05) is 6.07 Å². The van der Waals surface area contributed by atoms with Crippen LogP contribution in [0.4, 0.5) is 0 Å². The smallest absolute Gasteiger partial charge is 0.308 e. The number of aliphatic carboxylic acids is 1. The third-order valence-electron chi connectivity index (χ3n) is 3.83. The average Bonchev–Trinajstić information content (AvgIpc) is 3.03. The first kappa shape index (κ1) is 14.4. The van der Waals surface area contributed by atoms with Crippen LogP contribution >= 0.6 is 0 Å². The molecule has 2 heterocycles. The Kier molecular flexibility index (Phi) is 4.00. The summed E-state index contributed by atoms with van der Waals surface area (Å²) in [4.78, 5) is 24.5. The first-order valence-electron chi connectivity index (χ1n) is 7.23. The van der Waals surface area contributed by atoms with Crippen molar-refractivity contribution in [1.82, 2.24) is 4.90 Å². The molecule has 1 aromatic carbocycles. The van der Waals surface area contributed by atoms with Gasteiger partial charge >= 0.3 is 5.97 Å². The van der Waals surface area contributed by atoms with E-state index in [9.17, 15) is 9.59 Å². The van der Waals surface area contributed by atoms with Crippen LogP contribution < -0.4 is 9.47 Å². The van der Waals surface area contributed by atoms with E-state index in [1.807, 2.05) is 18.2 Å². The summed E-state index contributed by atoms with van der Waals surface area (Å²) < 4.78 is 10.9. The number of likely N-dealkylation sites (tertiary alicyclic amines) is 1. The number of ether oxygens (including phenoxy) is 2. The van der Waals surface area contributed by atoms with Crippen LogP contribution in [0.2, 0.25) is 0 Å². The molecule has 1 atom stereocenters. The first-order valence-corrected chi connectivity index (χ1v) is 7.23. The fraction of sp³-hybridized carbons (Fsp3) is 0.375. The maximum absolute atomic E-state index is 12.1. The van der Waals surface area contributed by atoms with E-state index in [4.69, 9.17) is 14.6 Å². The van der Waals surface area contributed by atoms with Gasteiger partial charge in [0.1, 0.15) is 13.2 Å². The van der Waals surface area contributed by atoms with Crippen LogP contribution in [0.1, 0.15) is 12.0 Å². The normalized spacial score (nSPS) is 20.4. The molecular weight excluding hydrogens is 286 g/mol. The summed E-state index contributed by atoms with van der Waals surface area (Å²) in [6, 6.07) is 5.48. The monoisotopic (exact) mass is 303 g/mol. The third-order valence-corrected chi connectivity index (χ3v) is 3.83. The van der Waals surface area contributed by atoms with Crippen LogP contribution in [0.3, 0.4) is 0 Å². The minimum Gasteiger partial charge on any atom is -0.486 e. The van der Waals surface area contributed by atoms with Crippen molar-refractivity contribution in [2.24, 2.45) is 5.92 Å². The van der Waals surface area contributed by atoms with Gasteiger partial charge in [0.2, 0.25) is 5.91 Å². The van der Waals surface area contributed by atoms with Crippen molar-refractivity contribution in [1.29, 1.82) is 0 Å². The number of rotatable bonds is 3. The van der Waals surface area contributed by atoms with E-state index in [0.29, 0.717) is 37.7 Å². The number of carboxylic acids is 1. The van der Waals surface area contributed by atoms with E-state index in [2.05, 4.69) is 0 Å². The molecule has 6 nitrogen and oxygen atoms in total. The lowest BCUT2D eigenvalue weighted by Crippen LogP contribution is -2.28. The van der Waals surface area contributed by atoms with Crippen molar-refractivity contribution >= 4 is 18.0 Å². The predicted octanol–water partition coefficient (Wildman–Crippen LogP) is 1.40. The summed E-state index contributed by atoms with van der Waals surface area (Å²) in [5, 5.41) is 8.95. The lowest BCUT2D eigenvalue weighted by molar-refractivity contribution is -0.141. The number of carbonyl (C=O) groups excluding carboxylic acids is 1. The van der Waals surface area contributed by atoms with Gasteiger partial charge in [0, 0.05) is 19.2 Å². The molecule has 0 aromatic heterocycles. The number of carboxylic acid groups (broad SMARTS) is 1. The number of benzene rings is 1. The van der Waals surface area contributed by atoms with Crippen LogP contribution in [0.15, 0.2) is 24.3 Å². The van der Waals surface area contributed by atoms with Gasteiger partial charge in [0.25, 0.3) is 0 Å². The Bertz CT molecular complexity index is 625. The highest BCUT2D eigenvalue weighted by molar-refractivity contribution is 5.92. The maximum Gasteiger partial charge on any atom is 0.308 e. The second-order valence-corrected chi connectivity index (χ2v) is 5.34. The van der Waals surface area contributed by atoms with E-state index >= 15 is 0 Å². The van der Waals surface area contributed by atoms with Gasteiger partial charge in [0.05, 0.1) is 5.92 Å². The van der Waals surface area contributed by atoms with Gasteiger partial charge in [-0.3, -0.25) is 9.59 Å². The van der Waals surface area contributed by atoms with Crippen molar-refractivity contribution in [2.45, 2.75) is 6.42 Å². The molecule has 3 rings (SSSR count). The van der Waals surface area contributed by atoms with Crippen molar-refractivity contribution in [3.63, 3.8) is 0 Å². The molecule has 0 bridgehead atoms. The van der Waals surface area contributed by atoms with Gasteiger partial charge in [-0.05, 0) is 30.2 Å². The number of hydrogen-bond acceptors (Lipinski definition) is 4. The fourth-order valence-corrected chi connectivity index (χ4v) is 2.60. The molecule has 6 heteroatoms. The molecule has 116 valence electrons. The molecule has 22 heavy (non-hydrogen) atoms. The SMILES string of the molecule is O=C(O)C1CCN(C(=O)C=Cc2ccc3c(c2)OCCO3)C1. The third kappa shape index (κ3) is 3.05. The molecule has 2 aliphatic rings. The van der Waals surface area contributed by atoms with E-state index in [1.54, 1.807) is 11.0 Å². The quantitative estimate of drug-likeness (QED) is 0.854. The largest absolute Gasteiger partial charge is 0.486 e. The van der Waals surface area contributed by atoms with Gasteiger partial charge < -0.3 is 19.5 Å². The highest BCUT2D eigenvalue weighted by atomic mass is 16.6. The van der Waals surface area contributed by atoms with Crippen molar-refractivity contribution in [3.05, 3.63) is 29.8 Å². The Morgan fingerprint density at radius 2 is 2.00 bits per heavy atom. The molecule has 0 saturated carbocycles. The van der Waals surface area contributed by atoms with E-state index in [1.165, 1.54) is 6.08 Å². The molecule has 1 unspecified atom stereocenters. The zero-order valence-electron chi connectivity index (χ0n) is 12.0. The molecule has 1 N–H and O–H groups in total. The summed E-state index contributed by atoms with van der Waals surface area (Å²) in [5.41, 5.74) is 0.839. The van der Waals surface area contributed by atoms with Crippen molar-refractivity contribution < 1.29 is 24.2 Å². The molecule has 0 aliphatic carbocycles. The molecule has 1 fully saturated rings. The molecule has 1 saturated heterocycles. The molecule has 2 aliphatic heterocycles. The van der Waals surface area contributed by atoms with Crippen LogP contribution in [0, 0.1) is 5.92 Å². The van der Waals surface area contributed by atoms with E-state index in [-0.39, 0.29) is 12.5 Å². The minimum atomic E-state index is -0.842. The summed E-state index contributed by atoms with van der Waals surface area (Å²) in [6.45, 7) is 1.82. The summed E-state index contributed by atoms with van der Waals surface area (Å²) in [7, 11) is 0. The highest BCUT2D eigenvalue weighted by Gasteiger charge is 2.29. The summed E-state index contributed by atoms with van der Waals surface area (Å²) in [6.07, 6.45) is 3.68. The highest BCUT2D eigenvalue weighted by Crippen LogP contribution is 2.31. The number of fused-ring (bicyclic) bond motifs is 1. The van der Waals surface area contributed by atoms with Crippen molar-refractivity contribution in [2.75, 3.05) is 26.3 Å². The standard InChI is InChI=1S/C16H17NO5/c18-15(17-6-5-12(10-17)16(19)20)4-2-11-1-3-13-14(9-11)22-8-7-21-13/h1-4,9,12H,5-8,10H2,(H,19,20). The maximum atomic E-state index is 12.1. The van der Waals surface area contributed by atoms with Gasteiger partial charge in [-0.2, -0.15) is 0 Å². The Morgan fingerprint density at radius 1 is 1.23 bits per heavy atom. The lowest BCUT2D eigenvalue weighted by Gasteiger charge is -2.18. The van der Waals surface area contributed by atoms with E-state index < -0.39 is 11.9 Å². The predicted molar refractivity (Wildman–Crippen MR) is 78.8 cm³/mol. The molecular formula is C16H17NO5. The summed E-state index contributed by atoms with van der Waals surface area (Å²) in [5.74, 6) is -0.0806. The van der Waals surface area contributed by atoms with Gasteiger partial charge in [0.15, 0.2) is 11.5 Å². The van der Waals surface area contributed by atoms with Crippen molar-refractivity contribution in [3.8, 4) is 11.5 Å². The number of hydrogen-bond donors (Lipinski definition) is 1. The average molecular weight is 303 g/mol. The Morgan fingerprint density at radius 3 is 2.73 bits per heavy atom. The second kappa shape index (κ2) is 6.09. The second-order valence-electron chi connectivity index (χ2n) is 5.34. The minimum absolute atomic E-state index is 0.168. The Labute approximate surface area is 127 Å². The first-order chi connectivity index (χ1) is 10.6. The zero-order valence-corrected chi connectivity index (χ0v) is 12.0. The van der Waals surface area contributed by atoms with Crippen LogP contribution in [-0.4, -0.2) is 48.2 Å². The van der Waals surface area contributed by atoms with Crippen LogP contribution in [0.5, 0.6) is 11.5 Å². The zero-order chi connectivity index (χ0) is 15.5. The van der Waals surface area contributed by atoms with Crippen LogP contribution in [0.25, 0.3) is 6.08 Å². The number of nitrogens with zero attached hydrogens (tertiary/aromatic N) is 1. The number of amides is 1. The van der Waals surface area contributed by atoms with Gasteiger partial charge in [-0.25, -0.2) is 0 Å². The Balaban J connectivity index is 1.64. The summed E-state index contributed by atoms with van der Waals surface area (Å²) >= 11 is 0. The topological polar surface area (TPSA) is 76.1 Å². The molecule has 0 spiro atoms. The van der Waals surface area contributed by atoms with Gasteiger partial charge in [-0.15, -0.1) is 0 Å². The van der Waals surface area contributed by atoms with E-state index in [0.717, 1.165) is 5.56 Å². The number of carbonyl (C=O) groups is 2. The van der Waals surface area contributed by atoms with Crippen LogP contribution in [-0.2, 0) is 9.59 Å². The fourth-order valence-electron chi connectivity index (χ4n) is 2.60. The molecule has 1 aromatic rings. The Hall–Kier alpha value is -2.50. The molecule has 1 amide bonds.